The predicted octanol–water partition coefficient (Wildman–Crippen LogP) is 4.85. The molecule has 4 rings (SSSR count). The number of nitrogens with zero attached hydrogens (tertiary/aromatic N) is 1. The molecule has 0 spiro atoms. The third-order valence-corrected chi connectivity index (χ3v) is 7.01. The van der Waals surface area contributed by atoms with E-state index < -0.39 is 6.10 Å². The zero-order valence-electron chi connectivity index (χ0n) is 18.0. The van der Waals surface area contributed by atoms with Gasteiger partial charge in [-0.15, -0.1) is 11.8 Å². The molecule has 2 aromatic rings. The molecule has 5 heteroatoms. The molecule has 1 aliphatic carbocycles. The quantitative estimate of drug-likeness (QED) is 0.610. The number of ether oxygens (including phenoxy) is 2. The Bertz CT molecular complexity index is 812. The van der Waals surface area contributed by atoms with E-state index in [4.69, 9.17) is 9.47 Å². The largest absolute Gasteiger partial charge is 0.494 e. The summed E-state index contributed by atoms with van der Waals surface area (Å²) in [7, 11) is 0. The molecule has 1 saturated carbocycles. The summed E-state index contributed by atoms with van der Waals surface area (Å²) in [6.45, 7) is 5.97. The van der Waals surface area contributed by atoms with Gasteiger partial charge in [-0.3, -0.25) is 4.90 Å². The highest BCUT2D eigenvalue weighted by molar-refractivity contribution is 7.98. The van der Waals surface area contributed by atoms with Crippen molar-refractivity contribution in [2.75, 3.05) is 26.0 Å². The van der Waals surface area contributed by atoms with Crippen molar-refractivity contribution in [3.8, 4) is 11.5 Å². The predicted molar refractivity (Wildman–Crippen MR) is 122 cm³/mol. The van der Waals surface area contributed by atoms with Crippen LogP contribution in [-0.4, -0.2) is 48.2 Å². The number of aliphatic hydroxyl groups is 1. The maximum absolute atomic E-state index is 10.7. The van der Waals surface area contributed by atoms with Crippen LogP contribution in [0.5, 0.6) is 11.5 Å². The van der Waals surface area contributed by atoms with Crippen molar-refractivity contribution in [1.29, 1.82) is 0 Å². The molecule has 30 heavy (non-hydrogen) atoms. The summed E-state index contributed by atoms with van der Waals surface area (Å²) in [5.74, 6) is 2.83. The molecule has 2 aromatic carbocycles. The van der Waals surface area contributed by atoms with Crippen LogP contribution in [0.2, 0.25) is 0 Å². The smallest absolute Gasteiger partial charge is 0.125 e. The highest BCUT2D eigenvalue weighted by Gasteiger charge is 2.42. The van der Waals surface area contributed by atoms with Crippen LogP contribution in [0.15, 0.2) is 53.4 Å². The Morgan fingerprint density at radius 3 is 2.50 bits per heavy atom. The second-order valence-corrected chi connectivity index (χ2v) is 9.46. The Balaban J connectivity index is 1.32. The lowest BCUT2D eigenvalue weighted by Crippen LogP contribution is -2.42. The minimum atomic E-state index is -0.401. The molecule has 0 amide bonds. The van der Waals surface area contributed by atoms with Crippen LogP contribution in [0.1, 0.15) is 31.7 Å². The van der Waals surface area contributed by atoms with E-state index in [2.05, 4.69) is 42.3 Å². The number of rotatable bonds is 8. The first-order chi connectivity index (χ1) is 14.6. The number of aliphatic hydroxyl groups excluding tert-OH is 1. The van der Waals surface area contributed by atoms with Crippen LogP contribution in [-0.2, 0) is 6.54 Å². The molecule has 0 aromatic heterocycles. The van der Waals surface area contributed by atoms with Crippen LogP contribution in [0.3, 0.4) is 0 Å². The first-order valence-corrected chi connectivity index (χ1v) is 12.3. The molecule has 1 heterocycles. The Morgan fingerprint density at radius 2 is 1.77 bits per heavy atom. The molecule has 1 aliphatic heterocycles. The third-order valence-electron chi connectivity index (χ3n) is 6.28. The second-order valence-electron chi connectivity index (χ2n) is 8.58. The Hall–Kier alpha value is -1.69. The van der Waals surface area contributed by atoms with Crippen molar-refractivity contribution in [3.05, 3.63) is 54.1 Å². The first-order valence-electron chi connectivity index (χ1n) is 11.1. The van der Waals surface area contributed by atoms with Gasteiger partial charge in [0, 0.05) is 24.5 Å². The molecule has 1 saturated heterocycles. The minimum Gasteiger partial charge on any atom is -0.494 e. The van der Waals surface area contributed by atoms with Crippen LogP contribution in [0.4, 0.5) is 0 Å². The van der Waals surface area contributed by atoms with Crippen molar-refractivity contribution in [2.45, 2.75) is 49.8 Å². The lowest BCUT2D eigenvalue weighted by molar-refractivity contribution is -0.0231. The van der Waals surface area contributed by atoms with Gasteiger partial charge >= 0.3 is 0 Å². The Kier molecular flexibility index (Phi) is 7.24. The number of fused-ring (bicyclic) bond motifs is 1. The lowest BCUT2D eigenvalue weighted by atomic mass is 9.78. The van der Waals surface area contributed by atoms with Crippen LogP contribution >= 0.6 is 11.8 Å². The SMILES string of the molecule is CCCOc1ccc(O[C@@H]2C[C@@H]3CN(Cc4cccc(SC)c4)C[C@@H]3C[C@H]2O)cc1. The standard InChI is InChI=1S/C25H33NO3S/c1-3-11-28-21-7-9-22(10-8-21)29-25-14-20-17-26(16-19(20)13-24(25)27)15-18-5-4-6-23(12-18)30-2/h4-10,12,19-20,24-25,27H,3,11,13-17H2,1-2H3/t19-,20+,24+,25+/m0/s1. The molecule has 2 aliphatic rings. The maximum Gasteiger partial charge on any atom is 0.125 e. The van der Waals surface area contributed by atoms with Gasteiger partial charge in [-0.2, -0.15) is 0 Å². The zero-order chi connectivity index (χ0) is 20.9. The van der Waals surface area contributed by atoms with Gasteiger partial charge in [0.05, 0.1) is 12.7 Å². The average molecular weight is 428 g/mol. The van der Waals surface area contributed by atoms with Gasteiger partial charge in [0.15, 0.2) is 0 Å². The van der Waals surface area contributed by atoms with E-state index in [1.54, 1.807) is 11.8 Å². The van der Waals surface area contributed by atoms with Gasteiger partial charge in [-0.05, 0) is 79.3 Å². The molecule has 4 nitrogen and oxygen atoms in total. The molecule has 2 fully saturated rings. The molecule has 0 unspecified atom stereocenters. The highest BCUT2D eigenvalue weighted by Crippen LogP contribution is 2.38. The van der Waals surface area contributed by atoms with E-state index in [0.29, 0.717) is 11.8 Å². The monoisotopic (exact) mass is 427 g/mol. The number of likely N-dealkylation sites (tertiary alicyclic amines) is 1. The molecule has 0 bridgehead atoms. The summed E-state index contributed by atoms with van der Waals surface area (Å²) >= 11 is 1.79. The van der Waals surface area contributed by atoms with E-state index in [1.807, 2.05) is 24.3 Å². The van der Waals surface area contributed by atoms with Gasteiger partial charge in [0.25, 0.3) is 0 Å². The van der Waals surface area contributed by atoms with E-state index in [0.717, 1.165) is 57.0 Å². The molecule has 162 valence electrons. The van der Waals surface area contributed by atoms with Gasteiger partial charge < -0.3 is 14.6 Å². The number of benzene rings is 2. The number of hydrogen-bond donors (Lipinski definition) is 1. The van der Waals surface area contributed by atoms with E-state index in [1.165, 1.54) is 10.5 Å². The fourth-order valence-corrected chi connectivity index (χ4v) is 5.27. The normalized spacial score (nSPS) is 26.4. The van der Waals surface area contributed by atoms with Crippen molar-refractivity contribution in [1.82, 2.24) is 4.90 Å². The second kappa shape index (κ2) is 10.1. The Morgan fingerprint density at radius 1 is 1.03 bits per heavy atom. The highest BCUT2D eigenvalue weighted by atomic mass is 32.2. The number of thioether (sulfide) groups is 1. The van der Waals surface area contributed by atoms with E-state index >= 15 is 0 Å². The van der Waals surface area contributed by atoms with Crippen LogP contribution < -0.4 is 9.47 Å². The topological polar surface area (TPSA) is 41.9 Å². The molecule has 1 N–H and O–H groups in total. The molecular weight excluding hydrogens is 394 g/mol. The minimum absolute atomic E-state index is 0.131. The first kappa shape index (κ1) is 21.5. The summed E-state index contributed by atoms with van der Waals surface area (Å²) in [6.07, 6.45) is 4.33. The van der Waals surface area contributed by atoms with Gasteiger partial charge in [-0.1, -0.05) is 19.1 Å². The van der Waals surface area contributed by atoms with Crippen molar-refractivity contribution in [2.24, 2.45) is 11.8 Å². The number of hydrogen-bond acceptors (Lipinski definition) is 5. The van der Waals surface area contributed by atoms with Crippen molar-refractivity contribution >= 4 is 11.8 Å². The van der Waals surface area contributed by atoms with Gasteiger partial charge in [0.2, 0.25) is 0 Å². The summed E-state index contributed by atoms with van der Waals surface area (Å²) in [5.41, 5.74) is 1.37. The summed E-state index contributed by atoms with van der Waals surface area (Å²) < 4.78 is 11.8. The Labute approximate surface area is 184 Å². The summed E-state index contributed by atoms with van der Waals surface area (Å²) in [6, 6.07) is 16.6. The lowest BCUT2D eigenvalue weighted by Gasteiger charge is -2.35. The average Bonchev–Trinajstić information content (AvgIpc) is 3.14. The van der Waals surface area contributed by atoms with Crippen molar-refractivity contribution in [3.63, 3.8) is 0 Å². The van der Waals surface area contributed by atoms with Crippen molar-refractivity contribution < 1.29 is 14.6 Å². The summed E-state index contributed by atoms with van der Waals surface area (Å²) in [4.78, 5) is 3.86. The van der Waals surface area contributed by atoms with Gasteiger partial charge in [0.1, 0.15) is 17.6 Å². The molecular formula is C25H33NO3S. The molecule has 4 atom stereocenters. The van der Waals surface area contributed by atoms with E-state index in [9.17, 15) is 5.11 Å². The maximum atomic E-state index is 10.7. The zero-order valence-corrected chi connectivity index (χ0v) is 18.8. The molecule has 0 radical (unpaired) electrons. The summed E-state index contributed by atoms with van der Waals surface area (Å²) in [5, 5.41) is 10.7. The van der Waals surface area contributed by atoms with E-state index in [-0.39, 0.29) is 6.10 Å². The fourth-order valence-electron chi connectivity index (χ4n) is 4.78. The van der Waals surface area contributed by atoms with Crippen LogP contribution in [0.25, 0.3) is 0 Å². The fraction of sp³-hybridized carbons (Fsp3) is 0.520. The third kappa shape index (κ3) is 5.32. The van der Waals surface area contributed by atoms with Crippen LogP contribution in [0, 0.1) is 11.8 Å². The van der Waals surface area contributed by atoms with Gasteiger partial charge in [-0.25, -0.2) is 0 Å².